The fourth-order valence-electron chi connectivity index (χ4n) is 1.53. The first kappa shape index (κ1) is 8.75. The molecule has 1 heterocycles. The molecule has 1 aliphatic heterocycles. The molecule has 2 nitrogen and oxygen atoms in total. The van der Waals surface area contributed by atoms with Crippen molar-refractivity contribution >= 4 is 21.9 Å². The highest BCUT2D eigenvalue weighted by Crippen LogP contribution is 2.35. The van der Waals surface area contributed by atoms with Crippen LogP contribution in [0.3, 0.4) is 0 Å². The maximum absolute atomic E-state index is 11.1. The van der Waals surface area contributed by atoms with Crippen molar-refractivity contribution in [3.8, 4) is 5.75 Å². The second-order valence-electron chi connectivity index (χ2n) is 3.26. The van der Waals surface area contributed by atoms with Gasteiger partial charge in [-0.15, -0.1) is 0 Å². The summed E-state index contributed by atoms with van der Waals surface area (Å²) >= 11 is 3.34. The fraction of sp³-hybridized carbons (Fsp3) is 0.300. The Hall–Kier alpha value is -0.830. The fourth-order valence-corrected chi connectivity index (χ4v) is 1.87. The van der Waals surface area contributed by atoms with Crippen LogP contribution in [0.2, 0.25) is 0 Å². The van der Waals surface area contributed by atoms with E-state index in [-0.39, 0.29) is 11.9 Å². The van der Waals surface area contributed by atoms with Gasteiger partial charge in [-0.3, -0.25) is 4.79 Å². The van der Waals surface area contributed by atoms with Gasteiger partial charge in [0.05, 0.1) is 6.42 Å². The Balaban J connectivity index is 2.49. The van der Waals surface area contributed by atoms with Gasteiger partial charge in [0.25, 0.3) is 0 Å². The first-order chi connectivity index (χ1) is 6.16. The van der Waals surface area contributed by atoms with Crippen LogP contribution in [0.4, 0.5) is 0 Å². The summed E-state index contributed by atoms with van der Waals surface area (Å²) in [5.41, 5.74) is 1.11. The molecule has 0 fully saturated rings. The Morgan fingerprint density at radius 2 is 2.31 bits per heavy atom. The van der Waals surface area contributed by atoms with Crippen LogP contribution in [0.5, 0.6) is 5.75 Å². The van der Waals surface area contributed by atoms with Gasteiger partial charge in [-0.25, -0.2) is 0 Å². The minimum atomic E-state index is -0.141. The second kappa shape index (κ2) is 3.14. The van der Waals surface area contributed by atoms with Gasteiger partial charge in [-0.1, -0.05) is 28.9 Å². The Bertz CT molecular complexity index is 360. The van der Waals surface area contributed by atoms with Gasteiger partial charge in [0.15, 0.2) is 0 Å². The zero-order valence-corrected chi connectivity index (χ0v) is 8.80. The van der Waals surface area contributed by atoms with Crippen molar-refractivity contribution in [2.45, 2.75) is 19.3 Å². The van der Waals surface area contributed by atoms with Crippen molar-refractivity contribution in [2.24, 2.45) is 0 Å². The van der Waals surface area contributed by atoms with Crippen LogP contribution in [0, 0.1) is 0 Å². The third-order valence-corrected chi connectivity index (χ3v) is 2.70. The number of ether oxygens (including phenoxy) is 1. The number of fused-ring (bicyclic) bond motifs is 1. The van der Waals surface area contributed by atoms with E-state index < -0.39 is 0 Å². The number of carbonyl (C=O) groups excluding carboxylic acids is 1. The Labute approximate surface area is 85.0 Å². The van der Waals surface area contributed by atoms with Gasteiger partial charge in [0, 0.05) is 4.47 Å². The van der Waals surface area contributed by atoms with Crippen LogP contribution in [0.15, 0.2) is 22.7 Å². The van der Waals surface area contributed by atoms with Crippen LogP contribution in [-0.4, -0.2) is 5.97 Å². The lowest BCUT2D eigenvalue weighted by Gasteiger charge is -2.21. The van der Waals surface area contributed by atoms with Crippen molar-refractivity contribution in [2.75, 3.05) is 0 Å². The molecule has 68 valence electrons. The van der Waals surface area contributed by atoms with E-state index in [0.29, 0.717) is 12.2 Å². The molecule has 0 N–H and O–H groups in total. The summed E-state index contributed by atoms with van der Waals surface area (Å²) in [6, 6.07) is 5.80. The minimum Gasteiger partial charge on any atom is -0.426 e. The van der Waals surface area contributed by atoms with Gasteiger partial charge in [-0.2, -0.15) is 0 Å². The topological polar surface area (TPSA) is 26.3 Å². The van der Waals surface area contributed by atoms with Gasteiger partial charge < -0.3 is 4.74 Å². The minimum absolute atomic E-state index is 0.141. The van der Waals surface area contributed by atoms with E-state index in [1.165, 1.54) is 0 Å². The highest BCUT2D eigenvalue weighted by molar-refractivity contribution is 9.10. The molecule has 13 heavy (non-hydrogen) atoms. The molecule has 0 spiro atoms. The van der Waals surface area contributed by atoms with E-state index in [1.807, 2.05) is 25.1 Å². The predicted molar refractivity (Wildman–Crippen MR) is 52.8 cm³/mol. The van der Waals surface area contributed by atoms with E-state index in [0.717, 1.165) is 10.0 Å². The molecule has 1 aromatic carbocycles. The first-order valence-electron chi connectivity index (χ1n) is 4.17. The summed E-state index contributed by atoms with van der Waals surface area (Å²) in [5, 5.41) is 0. The Kier molecular flexibility index (Phi) is 2.12. The molecule has 0 amide bonds. The summed E-state index contributed by atoms with van der Waals surface area (Å²) in [6.45, 7) is 2.03. The largest absolute Gasteiger partial charge is 0.426 e. The number of rotatable bonds is 0. The summed E-state index contributed by atoms with van der Waals surface area (Å²) in [5.74, 6) is 0.820. The van der Waals surface area contributed by atoms with E-state index in [4.69, 9.17) is 4.74 Å². The normalized spacial score (nSPS) is 20.8. The monoisotopic (exact) mass is 240 g/mol. The van der Waals surface area contributed by atoms with Gasteiger partial charge in [0.1, 0.15) is 5.75 Å². The molecule has 2 rings (SSSR count). The molecule has 0 bridgehead atoms. The second-order valence-corrected chi connectivity index (χ2v) is 4.18. The zero-order valence-electron chi connectivity index (χ0n) is 7.21. The molecule has 1 aromatic rings. The van der Waals surface area contributed by atoms with Crippen molar-refractivity contribution < 1.29 is 9.53 Å². The van der Waals surface area contributed by atoms with E-state index in [1.54, 1.807) is 0 Å². The third kappa shape index (κ3) is 1.61. The van der Waals surface area contributed by atoms with E-state index in [2.05, 4.69) is 15.9 Å². The van der Waals surface area contributed by atoms with Crippen LogP contribution in [0.25, 0.3) is 0 Å². The molecule has 0 saturated heterocycles. The lowest BCUT2D eigenvalue weighted by Crippen LogP contribution is -2.18. The predicted octanol–water partition coefficient (Wildman–Crippen LogP) is 2.86. The maximum Gasteiger partial charge on any atom is 0.311 e. The summed E-state index contributed by atoms with van der Waals surface area (Å²) in [4.78, 5) is 11.1. The highest BCUT2D eigenvalue weighted by atomic mass is 79.9. The number of hydrogen-bond donors (Lipinski definition) is 0. The van der Waals surface area contributed by atoms with Crippen LogP contribution in [-0.2, 0) is 4.79 Å². The molecule has 1 aliphatic rings. The molecule has 0 aliphatic carbocycles. The molecule has 0 saturated carbocycles. The Morgan fingerprint density at radius 3 is 3.08 bits per heavy atom. The number of carbonyl (C=O) groups is 1. The van der Waals surface area contributed by atoms with Crippen LogP contribution >= 0.6 is 15.9 Å². The standard InChI is InChI=1S/C10H9BrO2/c1-6-4-10(12)13-9-5-7(11)2-3-8(6)9/h2-3,5-6H,4H2,1H3. The third-order valence-electron chi connectivity index (χ3n) is 2.20. The quantitative estimate of drug-likeness (QED) is 0.515. The first-order valence-corrected chi connectivity index (χ1v) is 4.96. The molecule has 1 unspecified atom stereocenters. The Morgan fingerprint density at radius 1 is 1.54 bits per heavy atom. The number of hydrogen-bond acceptors (Lipinski definition) is 2. The maximum atomic E-state index is 11.1. The SMILES string of the molecule is CC1CC(=O)Oc2cc(Br)ccc21. The van der Waals surface area contributed by atoms with Gasteiger partial charge >= 0.3 is 5.97 Å². The summed E-state index contributed by atoms with van der Waals surface area (Å²) in [6.07, 6.45) is 0.481. The summed E-state index contributed by atoms with van der Waals surface area (Å²) in [7, 11) is 0. The lowest BCUT2D eigenvalue weighted by molar-refractivity contribution is -0.135. The molecule has 0 aromatic heterocycles. The van der Waals surface area contributed by atoms with Gasteiger partial charge in [-0.05, 0) is 23.6 Å². The van der Waals surface area contributed by atoms with Crippen molar-refractivity contribution in [3.63, 3.8) is 0 Å². The molecular weight excluding hydrogens is 232 g/mol. The van der Waals surface area contributed by atoms with E-state index >= 15 is 0 Å². The van der Waals surface area contributed by atoms with Crippen molar-refractivity contribution in [3.05, 3.63) is 28.2 Å². The van der Waals surface area contributed by atoms with Crippen molar-refractivity contribution in [1.82, 2.24) is 0 Å². The summed E-state index contributed by atoms with van der Waals surface area (Å²) < 4.78 is 6.05. The molecule has 1 atom stereocenters. The van der Waals surface area contributed by atoms with Crippen LogP contribution in [0.1, 0.15) is 24.8 Å². The van der Waals surface area contributed by atoms with E-state index in [9.17, 15) is 4.79 Å². The average Bonchev–Trinajstić information content (AvgIpc) is 2.02. The highest BCUT2D eigenvalue weighted by Gasteiger charge is 2.23. The number of halogens is 1. The zero-order chi connectivity index (χ0) is 9.42. The van der Waals surface area contributed by atoms with Crippen LogP contribution < -0.4 is 4.74 Å². The van der Waals surface area contributed by atoms with Gasteiger partial charge in [0.2, 0.25) is 0 Å². The van der Waals surface area contributed by atoms with Crippen molar-refractivity contribution in [1.29, 1.82) is 0 Å². The average molecular weight is 241 g/mol. The lowest BCUT2D eigenvalue weighted by atomic mass is 9.95. The number of esters is 1. The smallest absolute Gasteiger partial charge is 0.311 e. The number of benzene rings is 1. The molecular formula is C10H9BrO2. The molecule has 3 heteroatoms. The molecule has 0 radical (unpaired) electrons.